The number of carbonyl (C=O) groups is 2. The molecule has 0 fully saturated rings. The molecular formula is C15H10FN3O2S2. The molecule has 0 unspecified atom stereocenters. The number of aromatic nitrogens is 2. The third-order valence-electron chi connectivity index (χ3n) is 2.91. The highest BCUT2D eigenvalue weighted by Crippen LogP contribution is 2.24. The van der Waals surface area contributed by atoms with Gasteiger partial charge in [0.2, 0.25) is 0 Å². The van der Waals surface area contributed by atoms with Crippen molar-refractivity contribution >= 4 is 39.5 Å². The van der Waals surface area contributed by atoms with Crippen molar-refractivity contribution in [2.75, 3.05) is 5.32 Å². The molecule has 3 rings (SSSR count). The van der Waals surface area contributed by atoms with Crippen molar-refractivity contribution in [3.8, 4) is 10.6 Å². The zero-order valence-corrected chi connectivity index (χ0v) is 13.5. The summed E-state index contributed by atoms with van der Waals surface area (Å²) in [7, 11) is 0. The van der Waals surface area contributed by atoms with E-state index in [0.29, 0.717) is 15.8 Å². The Kier molecular flexibility index (Phi) is 4.26. The molecule has 5 nitrogen and oxygen atoms in total. The van der Waals surface area contributed by atoms with Gasteiger partial charge >= 0.3 is 0 Å². The zero-order chi connectivity index (χ0) is 16.4. The first-order valence-electron chi connectivity index (χ1n) is 6.52. The van der Waals surface area contributed by atoms with Gasteiger partial charge in [0.25, 0.3) is 5.91 Å². The fraction of sp³-hybridized carbons (Fsp3) is 0.0667. The lowest BCUT2D eigenvalue weighted by atomic mass is 10.2. The number of halogens is 1. The monoisotopic (exact) mass is 347 g/mol. The summed E-state index contributed by atoms with van der Waals surface area (Å²) < 4.78 is 12.9. The molecule has 0 radical (unpaired) electrons. The number of hydrogen-bond acceptors (Lipinski definition) is 6. The van der Waals surface area contributed by atoms with E-state index in [1.807, 2.05) is 0 Å². The topological polar surface area (TPSA) is 72.0 Å². The van der Waals surface area contributed by atoms with E-state index < -0.39 is 5.91 Å². The predicted octanol–water partition coefficient (Wildman–Crippen LogP) is 3.86. The van der Waals surface area contributed by atoms with Crippen molar-refractivity contribution < 1.29 is 14.0 Å². The normalized spacial score (nSPS) is 10.5. The number of amides is 1. The van der Waals surface area contributed by atoms with E-state index in [1.165, 1.54) is 41.7 Å². The van der Waals surface area contributed by atoms with Gasteiger partial charge in [0.1, 0.15) is 22.2 Å². The van der Waals surface area contributed by atoms with Crippen LogP contribution >= 0.6 is 22.7 Å². The Labute approximate surface area is 138 Å². The maximum absolute atomic E-state index is 12.9. The molecule has 2 heterocycles. The first kappa shape index (κ1) is 15.4. The van der Waals surface area contributed by atoms with E-state index in [0.717, 1.165) is 5.56 Å². The number of anilines is 1. The van der Waals surface area contributed by atoms with Gasteiger partial charge in [0.05, 0.1) is 0 Å². The van der Waals surface area contributed by atoms with E-state index in [2.05, 4.69) is 15.3 Å². The lowest BCUT2D eigenvalue weighted by Crippen LogP contribution is -2.12. The molecule has 0 aliphatic heterocycles. The minimum absolute atomic E-state index is 0.158. The largest absolute Gasteiger partial charge is 0.296 e. The highest BCUT2D eigenvalue weighted by Gasteiger charge is 2.14. The summed E-state index contributed by atoms with van der Waals surface area (Å²) in [5.41, 5.74) is 1.30. The van der Waals surface area contributed by atoms with Gasteiger partial charge < -0.3 is 0 Å². The number of Topliss-reactive ketones (excluding diaryl/α,β-unsaturated/α-hetero) is 1. The molecule has 23 heavy (non-hydrogen) atoms. The van der Waals surface area contributed by atoms with Gasteiger partial charge in [-0.05, 0) is 24.3 Å². The van der Waals surface area contributed by atoms with Crippen LogP contribution in [0.5, 0.6) is 0 Å². The third-order valence-corrected chi connectivity index (χ3v) is 4.56. The van der Waals surface area contributed by atoms with E-state index in [9.17, 15) is 14.0 Å². The van der Waals surface area contributed by atoms with E-state index in [-0.39, 0.29) is 17.3 Å². The lowest BCUT2D eigenvalue weighted by Gasteiger charge is -1.98. The Hall–Kier alpha value is -2.45. The fourth-order valence-electron chi connectivity index (χ4n) is 1.76. The highest BCUT2D eigenvalue weighted by atomic mass is 32.1. The first-order valence-corrected chi connectivity index (χ1v) is 8.28. The van der Waals surface area contributed by atoms with Crippen LogP contribution in [0, 0.1) is 5.82 Å². The Morgan fingerprint density at radius 1 is 1.04 bits per heavy atom. The van der Waals surface area contributed by atoms with Crippen LogP contribution in [0.3, 0.4) is 0 Å². The SMILES string of the molecule is CC(=O)c1csc(NC(=O)c2csc(-c3ccc(F)cc3)n2)n1. The average Bonchev–Trinajstić information content (AvgIpc) is 3.17. The van der Waals surface area contributed by atoms with Crippen molar-refractivity contribution in [1.82, 2.24) is 9.97 Å². The number of benzene rings is 1. The first-order chi connectivity index (χ1) is 11.0. The smallest absolute Gasteiger partial charge is 0.276 e. The van der Waals surface area contributed by atoms with Crippen molar-refractivity contribution in [1.29, 1.82) is 0 Å². The van der Waals surface area contributed by atoms with Gasteiger partial charge in [-0.1, -0.05) is 0 Å². The second kappa shape index (κ2) is 6.35. The molecule has 1 amide bonds. The van der Waals surface area contributed by atoms with Crippen LogP contribution in [0.25, 0.3) is 10.6 Å². The standard InChI is InChI=1S/C15H10FN3O2S2/c1-8(20)11-6-23-15(18-11)19-13(21)12-7-22-14(17-12)9-2-4-10(16)5-3-9/h2-7H,1H3,(H,18,19,21). The van der Waals surface area contributed by atoms with E-state index in [1.54, 1.807) is 22.9 Å². The molecule has 8 heteroatoms. The average molecular weight is 347 g/mol. The molecule has 0 saturated carbocycles. The number of nitrogens with zero attached hydrogens (tertiary/aromatic N) is 2. The molecule has 0 bridgehead atoms. The predicted molar refractivity (Wildman–Crippen MR) is 87.6 cm³/mol. The molecule has 2 aromatic heterocycles. The molecule has 0 aliphatic rings. The molecule has 1 N–H and O–H groups in total. The van der Waals surface area contributed by atoms with Crippen molar-refractivity contribution in [2.45, 2.75) is 6.92 Å². The highest BCUT2D eigenvalue weighted by molar-refractivity contribution is 7.14. The summed E-state index contributed by atoms with van der Waals surface area (Å²) >= 11 is 2.47. The van der Waals surface area contributed by atoms with Gasteiger partial charge in [-0.2, -0.15) is 0 Å². The molecule has 0 spiro atoms. The van der Waals surface area contributed by atoms with Gasteiger partial charge in [0, 0.05) is 23.2 Å². The minimum Gasteiger partial charge on any atom is -0.296 e. The fourth-order valence-corrected chi connectivity index (χ4v) is 3.31. The second-order valence-electron chi connectivity index (χ2n) is 4.59. The van der Waals surface area contributed by atoms with Crippen LogP contribution in [0.4, 0.5) is 9.52 Å². The van der Waals surface area contributed by atoms with Crippen LogP contribution in [0.1, 0.15) is 27.9 Å². The van der Waals surface area contributed by atoms with Crippen LogP contribution in [0.2, 0.25) is 0 Å². The van der Waals surface area contributed by atoms with Gasteiger partial charge in [0.15, 0.2) is 10.9 Å². The number of thiazole rings is 2. The van der Waals surface area contributed by atoms with E-state index >= 15 is 0 Å². The Balaban J connectivity index is 1.75. The Morgan fingerprint density at radius 2 is 1.74 bits per heavy atom. The van der Waals surface area contributed by atoms with Crippen LogP contribution in [-0.4, -0.2) is 21.7 Å². The summed E-state index contributed by atoms with van der Waals surface area (Å²) in [4.78, 5) is 31.6. The lowest BCUT2D eigenvalue weighted by molar-refractivity contribution is 0.100. The maximum atomic E-state index is 12.9. The summed E-state index contributed by atoms with van der Waals surface area (Å²) in [6.07, 6.45) is 0. The zero-order valence-electron chi connectivity index (χ0n) is 11.9. The number of carbonyl (C=O) groups excluding carboxylic acids is 2. The van der Waals surface area contributed by atoms with Gasteiger partial charge in [-0.3, -0.25) is 14.9 Å². The third kappa shape index (κ3) is 3.49. The quantitative estimate of drug-likeness (QED) is 0.728. The van der Waals surface area contributed by atoms with Gasteiger partial charge in [-0.15, -0.1) is 22.7 Å². The molecular weight excluding hydrogens is 337 g/mol. The second-order valence-corrected chi connectivity index (χ2v) is 6.31. The number of hydrogen-bond donors (Lipinski definition) is 1. The number of ketones is 1. The summed E-state index contributed by atoms with van der Waals surface area (Å²) in [5, 5.41) is 6.78. The maximum Gasteiger partial charge on any atom is 0.276 e. The molecule has 0 aliphatic carbocycles. The van der Waals surface area contributed by atoms with Crippen LogP contribution in [-0.2, 0) is 0 Å². The summed E-state index contributed by atoms with van der Waals surface area (Å²) in [6, 6.07) is 5.90. The summed E-state index contributed by atoms with van der Waals surface area (Å²) in [5.74, 6) is -0.888. The Bertz CT molecular complexity index is 871. The molecule has 0 saturated heterocycles. The number of nitrogens with one attached hydrogen (secondary N) is 1. The minimum atomic E-state index is -0.404. The molecule has 0 atom stereocenters. The Morgan fingerprint density at radius 3 is 2.39 bits per heavy atom. The van der Waals surface area contributed by atoms with Crippen molar-refractivity contribution in [3.05, 3.63) is 52.2 Å². The number of rotatable bonds is 4. The van der Waals surface area contributed by atoms with Gasteiger partial charge in [-0.25, -0.2) is 14.4 Å². The molecule has 1 aromatic carbocycles. The van der Waals surface area contributed by atoms with Crippen molar-refractivity contribution in [2.24, 2.45) is 0 Å². The molecule has 116 valence electrons. The van der Waals surface area contributed by atoms with Crippen LogP contribution < -0.4 is 5.32 Å². The van der Waals surface area contributed by atoms with E-state index in [4.69, 9.17) is 0 Å². The van der Waals surface area contributed by atoms with Crippen LogP contribution in [0.15, 0.2) is 35.0 Å². The molecule has 3 aromatic rings. The summed E-state index contributed by atoms with van der Waals surface area (Å²) in [6.45, 7) is 1.41. The van der Waals surface area contributed by atoms with Crippen molar-refractivity contribution in [3.63, 3.8) is 0 Å².